The Hall–Kier alpha value is -3.59. The quantitative estimate of drug-likeness (QED) is 0.452. The molecule has 2 aromatic carbocycles. The summed E-state index contributed by atoms with van der Waals surface area (Å²) < 4.78 is 40.5. The Bertz CT molecular complexity index is 1350. The van der Waals surface area contributed by atoms with Crippen LogP contribution in [0.2, 0.25) is 0 Å². The van der Waals surface area contributed by atoms with Crippen LogP contribution in [0.5, 0.6) is 5.75 Å². The number of nitrogens with zero attached hydrogens (tertiary/aromatic N) is 4. The maximum absolute atomic E-state index is 13.8. The lowest BCUT2D eigenvalue weighted by molar-refractivity contribution is 0.153. The normalized spacial score (nSPS) is 17.6. The van der Waals surface area contributed by atoms with Gasteiger partial charge < -0.3 is 18.8 Å². The largest absolute Gasteiger partial charge is 0.496 e. The molecule has 3 heterocycles. The van der Waals surface area contributed by atoms with E-state index < -0.39 is 17.0 Å². The van der Waals surface area contributed by atoms with Crippen LogP contribution >= 0.6 is 0 Å². The number of halogens is 2. The Morgan fingerprint density at radius 2 is 2.00 bits per heavy atom. The van der Waals surface area contributed by atoms with Gasteiger partial charge in [0.1, 0.15) is 11.6 Å². The average molecular weight is 466 g/mol. The lowest BCUT2D eigenvalue weighted by atomic mass is 9.75. The molecule has 176 valence electrons. The monoisotopic (exact) mass is 466 g/mol. The minimum atomic E-state index is -0.905. The topological polar surface area (TPSA) is 86.2 Å². The molecule has 4 aromatic rings. The number of rotatable bonds is 6. The van der Waals surface area contributed by atoms with E-state index in [1.54, 1.807) is 26.3 Å². The van der Waals surface area contributed by atoms with Gasteiger partial charge in [-0.2, -0.15) is 0 Å². The molecule has 0 fully saturated rings. The van der Waals surface area contributed by atoms with E-state index in [0.29, 0.717) is 54.0 Å². The fourth-order valence-electron chi connectivity index (χ4n) is 4.74. The SMILES string of the molecule is COc1cc(-c2nnc3n2CCCC3(CO)Cc2ccc(F)c(F)c2)ccc1-c1cnc(C)o1. The van der Waals surface area contributed by atoms with Crippen LogP contribution in [-0.2, 0) is 18.4 Å². The summed E-state index contributed by atoms with van der Waals surface area (Å²) in [6.07, 6.45) is 3.42. The minimum Gasteiger partial charge on any atom is -0.496 e. The Kier molecular flexibility index (Phi) is 5.65. The van der Waals surface area contributed by atoms with E-state index in [4.69, 9.17) is 9.15 Å². The number of aryl methyl sites for hydroxylation is 1. The van der Waals surface area contributed by atoms with Crippen LogP contribution in [0.3, 0.4) is 0 Å². The van der Waals surface area contributed by atoms with Crippen molar-refractivity contribution in [3.8, 4) is 28.5 Å². The summed E-state index contributed by atoms with van der Waals surface area (Å²) in [5, 5.41) is 19.3. The number of ether oxygens (including phenoxy) is 1. The molecular weight excluding hydrogens is 442 g/mol. The Morgan fingerprint density at radius 1 is 1.15 bits per heavy atom. The molecule has 0 spiro atoms. The maximum Gasteiger partial charge on any atom is 0.191 e. The first-order valence-electron chi connectivity index (χ1n) is 11.0. The summed E-state index contributed by atoms with van der Waals surface area (Å²) in [5.74, 6) is 1.26. The van der Waals surface area contributed by atoms with E-state index in [1.165, 1.54) is 6.07 Å². The van der Waals surface area contributed by atoms with Crippen LogP contribution in [0.25, 0.3) is 22.7 Å². The molecule has 0 saturated heterocycles. The molecule has 1 unspecified atom stereocenters. The zero-order valence-electron chi connectivity index (χ0n) is 18.9. The second kappa shape index (κ2) is 8.64. The van der Waals surface area contributed by atoms with Crippen LogP contribution in [0.4, 0.5) is 8.78 Å². The molecule has 7 nitrogen and oxygen atoms in total. The predicted octanol–water partition coefficient (Wildman–Crippen LogP) is 4.46. The molecule has 0 saturated carbocycles. The van der Waals surface area contributed by atoms with Crippen molar-refractivity contribution in [3.05, 3.63) is 71.5 Å². The van der Waals surface area contributed by atoms with Gasteiger partial charge in [-0.25, -0.2) is 13.8 Å². The number of fused-ring (bicyclic) bond motifs is 1. The highest BCUT2D eigenvalue weighted by molar-refractivity contribution is 5.71. The van der Waals surface area contributed by atoms with Crippen molar-refractivity contribution in [3.63, 3.8) is 0 Å². The van der Waals surface area contributed by atoms with Crippen molar-refractivity contribution >= 4 is 0 Å². The number of aliphatic hydroxyl groups excluding tert-OH is 1. The predicted molar refractivity (Wildman–Crippen MR) is 120 cm³/mol. The van der Waals surface area contributed by atoms with Gasteiger partial charge >= 0.3 is 0 Å². The first kappa shape index (κ1) is 22.2. The van der Waals surface area contributed by atoms with E-state index in [2.05, 4.69) is 15.2 Å². The summed E-state index contributed by atoms with van der Waals surface area (Å²) in [7, 11) is 1.59. The van der Waals surface area contributed by atoms with Gasteiger partial charge in [0.2, 0.25) is 0 Å². The number of benzene rings is 2. The number of methoxy groups -OCH3 is 1. The third-order valence-corrected chi connectivity index (χ3v) is 6.44. The second-order valence-corrected chi connectivity index (χ2v) is 8.62. The van der Waals surface area contributed by atoms with Crippen molar-refractivity contribution in [2.75, 3.05) is 13.7 Å². The average Bonchev–Trinajstić information content (AvgIpc) is 3.48. The number of oxazole rings is 1. The highest BCUT2D eigenvalue weighted by atomic mass is 19.2. The van der Waals surface area contributed by atoms with Gasteiger partial charge in [0.15, 0.2) is 29.1 Å². The lowest BCUT2D eigenvalue weighted by Gasteiger charge is -2.35. The van der Waals surface area contributed by atoms with E-state index in [1.807, 2.05) is 22.8 Å². The molecule has 1 N–H and O–H groups in total. The molecule has 2 aromatic heterocycles. The van der Waals surface area contributed by atoms with Crippen molar-refractivity contribution in [2.24, 2.45) is 0 Å². The first-order valence-corrected chi connectivity index (χ1v) is 11.0. The highest BCUT2D eigenvalue weighted by Gasteiger charge is 2.40. The molecule has 0 amide bonds. The molecule has 0 aliphatic carbocycles. The zero-order valence-corrected chi connectivity index (χ0v) is 18.9. The summed E-state index contributed by atoms with van der Waals surface area (Å²) >= 11 is 0. The van der Waals surface area contributed by atoms with Crippen molar-refractivity contribution in [1.82, 2.24) is 19.7 Å². The van der Waals surface area contributed by atoms with E-state index in [9.17, 15) is 13.9 Å². The van der Waals surface area contributed by atoms with Gasteiger partial charge in [-0.3, -0.25) is 0 Å². The van der Waals surface area contributed by atoms with Crippen LogP contribution in [0, 0.1) is 18.6 Å². The number of hydrogen-bond acceptors (Lipinski definition) is 6. The number of aromatic nitrogens is 4. The molecule has 1 atom stereocenters. The van der Waals surface area contributed by atoms with Crippen LogP contribution in [0.15, 0.2) is 47.0 Å². The second-order valence-electron chi connectivity index (χ2n) is 8.62. The molecule has 34 heavy (non-hydrogen) atoms. The van der Waals surface area contributed by atoms with Crippen molar-refractivity contribution in [2.45, 2.75) is 38.1 Å². The van der Waals surface area contributed by atoms with Gasteiger partial charge in [-0.15, -0.1) is 10.2 Å². The smallest absolute Gasteiger partial charge is 0.191 e. The van der Waals surface area contributed by atoms with Gasteiger partial charge in [-0.05, 0) is 49.1 Å². The Labute approximate surface area is 195 Å². The minimum absolute atomic E-state index is 0.183. The molecule has 0 bridgehead atoms. The first-order chi connectivity index (χ1) is 16.4. The summed E-state index contributed by atoms with van der Waals surface area (Å²) in [6, 6.07) is 9.50. The van der Waals surface area contributed by atoms with Crippen LogP contribution < -0.4 is 4.74 Å². The van der Waals surface area contributed by atoms with Crippen molar-refractivity contribution in [1.29, 1.82) is 0 Å². The Morgan fingerprint density at radius 3 is 2.71 bits per heavy atom. The summed E-state index contributed by atoms with van der Waals surface area (Å²) in [5.41, 5.74) is 1.43. The lowest BCUT2D eigenvalue weighted by Crippen LogP contribution is -2.40. The van der Waals surface area contributed by atoms with Gasteiger partial charge in [0, 0.05) is 19.0 Å². The molecule has 0 radical (unpaired) electrons. The summed E-state index contributed by atoms with van der Waals surface area (Å²) in [6.45, 7) is 2.28. The molecule has 1 aliphatic rings. The standard InChI is InChI=1S/C25H24F2N4O3/c1-15-28-13-22(34-15)18-6-5-17(11-21(18)33-2)23-29-30-24-25(14-32,8-3-9-31(23)24)12-16-4-7-19(26)20(27)10-16/h4-7,10-11,13,32H,3,8-9,12,14H2,1-2H3. The molecule has 1 aliphatic heterocycles. The fraction of sp³-hybridized carbons (Fsp3) is 0.320. The van der Waals surface area contributed by atoms with Gasteiger partial charge in [-0.1, -0.05) is 12.1 Å². The van der Waals surface area contributed by atoms with Gasteiger partial charge in [0.25, 0.3) is 0 Å². The van der Waals surface area contributed by atoms with E-state index in [-0.39, 0.29) is 6.61 Å². The van der Waals surface area contributed by atoms with Gasteiger partial charge in [0.05, 0.1) is 30.9 Å². The van der Waals surface area contributed by atoms with Crippen LogP contribution in [-0.4, -0.2) is 38.6 Å². The zero-order chi connectivity index (χ0) is 23.9. The Balaban J connectivity index is 1.53. The van der Waals surface area contributed by atoms with Crippen LogP contribution in [0.1, 0.15) is 30.1 Å². The van der Waals surface area contributed by atoms with Crippen molar-refractivity contribution < 1.29 is 23.0 Å². The fourth-order valence-corrected chi connectivity index (χ4v) is 4.74. The molecular formula is C25H24F2N4O3. The molecule has 9 heteroatoms. The van der Waals surface area contributed by atoms with E-state index >= 15 is 0 Å². The third-order valence-electron chi connectivity index (χ3n) is 6.44. The maximum atomic E-state index is 13.8. The number of aliphatic hydroxyl groups is 1. The molecule has 5 rings (SSSR count). The van der Waals surface area contributed by atoms with E-state index in [0.717, 1.165) is 23.6 Å². The number of hydrogen-bond donors (Lipinski definition) is 1. The third kappa shape index (κ3) is 3.75. The summed E-state index contributed by atoms with van der Waals surface area (Å²) in [4.78, 5) is 4.15. The highest BCUT2D eigenvalue weighted by Crippen LogP contribution is 2.40.